The number of nitrogen functional groups attached to an aromatic ring is 1. The molecule has 1 aromatic carbocycles. The highest BCUT2D eigenvalue weighted by Crippen LogP contribution is 2.28. The van der Waals surface area contributed by atoms with Crippen LogP contribution in [0.5, 0.6) is 5.75 Å². The van der Waals surface area contributed by atoms with Gasteiger partial charge < -0.3 is 20.4 Å². The smallest absolute Gasteiger partial charge is 0.274 e. The van der Waals surface area contributed by atoms with Gasteiger partial charge in [0, 0.05) is 13.1 Å². The van der Waals surface area contributed by atoms with Crippen LogP contribution in [-0.2, 0) is 7.05 Å². The van der Waals surface area contributed by atoms with Gasteiger partial charge in [0.05, 0.1) is 31.0 Å². The number of nitrogens with one attached hydrogen (secondary N) is 1. The number of carbonyl (C=O) groups excluding carboxylic acids is 1. The number of hydrogen-bond acceptors (Lipinski definition) is 4. The summed E-state index contributed by atoms with van der Waals surface area (Å²) >= 11 is 0. The Bertz CT molecular complexity index is 624. The molecular weight excluding hydrogens is 251 g/mol. The predicted octanol–water partition coefficient (Wildman–Crippen LogP) is 1.40. The molecule has 2 rings (SSSR count). The van der Waals surface area contributed by atoms with Crippen LogP contribution in [0.1, 0.15) is 10.5 Å². The lowest BCUT2D eigenvalue weighted by atomic mass is 10.2. The third-order valence-electron chi connectivity index (χ3n) is 2.62. The topological polar surface area (TPSA) is 82.2 Å². The average molecular weight is 264 g/mol. The van der Waals surface area contributed by atoms with Crippen LogP contribution in [0.15, 0.2) is 24.7 Å². The molecular formula is C12H13FN4O2. The van der Waals surface area contributed by atoms with Crippen LogP contribution in [0.4, 0.5) is 15.8 Å². The molecule has 1 heterocycles. The van der Waals surface area contributed by atoms with E-state index in [-0.39, 0.29) is 17.1 Å². The molecule has 1 amide bonds. The van der Waals surface area contributed by atoms with Crippen LogP contribution in [0.3, 0.4) is 0 Å². The number of nitrogens with zero attached hydrogens (tertiary/aromatic N) is 2. The lowest BCUT2D eigenvalue weighted by Crippen LogP contribution is -2.16. The van der Waals surface area contributed by atoms with Crippen molar-refractivity contribution in [1.29, 1.82) is 0 Å². The van der Waals surface area contributed by atoms with E-state index in [1.54, 1.807) is 7.05 Å². The fourth-order valence-corrected chi connectivity index (χ4v) is 1.61. The van der Waals surface area contributed by atoms with Gasteiger partial charge in [-0.1, -0.05) is 0 Å². The van der Waals surface area contributed by atoms with Crippen molar-refractivity contribution in [2.75, 3.05) is 18.2 Å². The van der Waals surface area contributed by atoms with Crippen molar-refractivity contribution in [3.8, 4) is 5.75 Å². The van der Waals surface area contributed by atoms with Crippen LogP contribution >= 0.6 is 0 Å². The first-order valence-corrected chi connectivity index (χ1v) is 5.43. The van der Waals surface area contributed by atoms with E-state index >= 15 is 0 Å². The highest BCUT2D eigenvalue weighted by Gasteiger charge is 2.14. The van der Waals surface area contributed by atoms with E-state index in [1.165, 1.54) is 30.3 Å². The van der Waals surface area contributed by atoms with Gasteiger partial charge in [-0.2, -0.15) is 0 Å². The normalized spacial score (nSPS) is 10.3. The molecule has 100 valence electrons. The number of anilines is 2. The zero-order valence-electron chi connectivity index (χ0n) is 10.5. The van der Waals surface area contributed by atoms with Crippen molar-refractivity contribution in [2.45, 2.75) is 0 Å². The number of carbonyl (C=O) groups is 1. The fourth-order valence-electron chi connectivity index (χ4n) is 1.61. The number of aryl methyl sites for hydroxylation is 1. The largest absolute Gasteiger partial charge is 0.494 e. The SMILES string of the molecule is COc1cc(F)c(NC(=O)c2cncn2C)cc1N. The van der Waals surface area contributed by atoms with Crippen LogP contribution in [-0.4, -0.2) is 22.6 Å². The lowest BCUT2D eigenvalue weighted by Gasteiger charge is -2.10. The molecule has 3 N–H and O–H groups in total. The van der Waals surface area contributed by atoms with E-state index in [0.29, 0.717) is 5.69 Å². The minimum absolute atomic E-state index is 0.00972. The standard InChI is InChI=1S/C12H13FN4O2/c1-17-6-15-5-10(17)12(18)16-9-4-8(14)11(19-2)3-7(9)13/h3-6H,14H2,1-2H3,(H,16,18). The lowest BCUT2D eigenvalue weighted by molar-refractivity contribution is 0.101. The summed E-state index contributed by atoms with van der Waals surface area (Å²) in [6.45, 7) is 0. The van der Waals surface area contributed by atoms with Gasteiger partial charge in [-0.15, -0.1) is 0 Å². The molecule has 0 bridgehead atoms. The van der Waals surface area contributed by atoms with E-state index in [0.717, 1.165) is 6.07 Å². The second kappa shape index (κ2) is 4.97. The molecule has 1 aromatic heterocycles. The summed E-state index contributed by atoms with van der Waals surface area (Å²) in [7, 11) is 3.06. The van der Waals surface area contributed by atoms with Crippen molar-refractivity contribution < 1.29 is 13.9 Å². The van der Waals surface area contributed by atoms with Crippen LogP contribution < -0.4 is 15.8 Å². The molecule has 0 aliphatic carbocycles. The van der Waals surface area contributed by atoms with Crippen molar-refractivity contribution >= 4 is 17.3 Å². The number of aromatic nitrogens is 2. The number of halogens is 1. The molecule has 0 spiro atoms. The third kappa shape index (κ3) is 2.49. The van der Waals surface area contributed by atoms with Gasteiger partial charge in [0.1, 0.15) is 11.4 Å². The molecule has 2 aromatic rings. The summed E-state index contributed by atoms with van der Waals surface area (Å²) in [4.78, 5) is 15.7. The van der Waals surface area contributed by atoms with Crippen LogP contribution in [0.25, 0.3) is 0 Å². The molecule has 0 saturated carbocycles. The zero-order chi connectivity index (χ0) is 14.0. The highest BCUT2D eigenvalue weighted by molar-refractivity contribution is 6.03. The van der Waals surface area contributed by atoms with Gasteiger partial charge in [-0.05, 0) is 6.07 Å². The van der Waals surface area contributed by atoms with E-state index in [2.05, 4.69) is 10.3 Å². The fraction of sp³-hybridized carbons (Fsp3) is 0.167. The maximum atomic E-state index is 13.7. The number of hydrogen-bond donors (Lipinski definition) is 2. The van der Waals surface area contributed by atoms with Gasteiger partial charge in [0.15, 0.2) is 5.82 Å². The average Bonchev–Trinajstić information content (AvgIpc) is 2.79. The van der Waals surface area contributed by atoms with Crippen molar-refractivity contribution in [3.05, 3.63) is 36.2 Å². The molecule has 0 fully saturated rings. The first kappa shape index (κ1) is 12.9. The molecule has 0 aliphatic rings. The van der Waals surface area contributed by atoms with E-state index in [1.807, 2.05) is 0 Å². The van der Waals surface area contributed by atoms with Gasteiger partial charge >= 0.3 is 0 Å². The molecule has 0 atom stereocenters. The van der Waals surface area contributed by atoms with Crippen LogP contribution in [0.2, 0.25) is 0 Å². The second-order valence-corrected chi connectivity index (χ2v) is 3.92. The monoisotopic (exact) mass is 264 g/mol. The second-order valence-electron chi connectivity index (χ2n) is 3.92. The maximum Gasteiger partial charge on any atom is 0.274 e. The number of benzene rings is 1. The highest BCUT2D eigenvalue weighted by atomic mass is 19.1. The number of ether oxygens (including phenoxy) is 1. The number of nitrogens with two attached hydrogens (primary N) is 1. The quantitative estimate of drug-likeness (QED) is 0.821. The third-order valence-corrected chi connectivity index (χ3v) is 2.62. The van der Waals surface area contributed by atoms with Crippen molar-refractivity contribution in [3.63, 3.8) is 0 Å². The Hall–Kier alpha value is -2.57. The first-order chi connectivity index (χ1) is 9.02. The Kier molecular flexibility index (Phi) is 3.37. The summed E-state index contributed by atoms with van der Waals surface area (Å²) in [5, 5.41) is 2.44. The molecule has 7 heteroatoms. The number of amides is 1. The van der Waals surface area contributed by atoms with E-state index in [9.17, 15) is 9.18 Å². The summed E-state index contributed by atoms with van der Waals surface area (Å²) in [6.07, 6.45) is 2.87. The first-order valence-electron chi connectivity index (χ1n) is 5.43. The molecule has 19 heavy (non-hydrogen) atoms. The summed E-state index contributed by atoms with van der Waals surface area (Å²) in [5.41, 5.74) is 6.21. The Labute approximate surface area is 109 Å². The Balaban J connectivity index is 2.27. The van der Waals surface area contributed by atoms with Gasteiger partial charge in [0.2, 0.25) is 0 Å². The van der Waals surface area contributed by atoms with Crippen molar-refractivity contribution in [1.82, 2.24) is 9.55 Å². The van der Waals surface area contributed by atoms with Gasteiger partial charge in [0.25, 0.3) is 5.91 Å². The zero-order valence-corrected chi connectivity index (χ0v) is 10.5. The summed E-state index contributed by atoms with van der Waals surface area (Å²) < 4.78 is 20.2. The Morgan fingerprint density at radius 3 is 2.84 bits per heavy atom. The maximum absolute atomic E-state index is 13.7. The minimum atomic E-state index is -0.624. The summed E-state index contributed by atoms with van der Waals surface area (Å²) in [6, 6.07) is 2.43. The van der Waals surface area contributed by atoms with Gasteiger partial charge in [-0.3, -0.25) is 4.79 Å². The molecule has 0 aliphatic heterocycles. The Morgan fingerprint density at radius 1 is 1.53 bits per heavy atom. The van der Waals surface area contributed by atoms with E-state index < -0.39 is 11.7 Å². The minimum Gasteiger partial charge on any atom is -0.494 e. The number of rotatable bonds is 3. The Morgan fingerprint density at radius 2 is 2.26 bits per heavy atom. The van der Waals surface area contributed by atoms with Gasteiger partial charge in [-0.25, -0.2) is 9.37 Å². The molecule has 0 radical (unpaired) electrons. The van der Waals surface area contributed by atoms with Crippen LogP contribution in [0, 0.1) is 5.82 Å². The molecule has 0 unspecified atom stereocenters. The predicted molar refractivity (Wildman–Crippen MR) is 68.5 cm³/mol. The van der Waals surface area contributed by atoms with E-state index in [4.69, 9.17) is 10.5 Å². The number of methoxy groups -OCH3 is 1. The summed E-state index contributed by atoms with van der Waals surface area (Å²) in [5.74, 6) is -0.874. The number of imidazole rings is 1. The molecule has 0 saturated heterocycles. The molecule has 6 nitrogen and oxygen atoms in total. The van der Waals surface area contributed by atoms with Crippen molar-refractivity contribution in [2.24, 2.45) is 7.05 Å².